The number of rotatable bonds is 8. The summed E-state index contributed by atoms with van der Waals surface area (Å²) in [7, 11) is 0. The predicted octanol–water partition coefficient (Wildman–Crippen LogP) is 12.7. The maximum atomic E-state index is 4.09. The summed E-state index contributed by atoms with van der Waals surface area (Å²) in [5.41, 5.74) is 6.14. The average molecular weight is 493 g/mol. The molecule has 0 saturated heterocycles. The van der Waals surface area contributed by atoms with Crippen LogP contribution in [0.3, 0.4) is 0 Å². The Balaban J connectivity index is -0.000000284. The molecular formula is C36H60. The third kappa shape index (κ3) is 10.4. The number of hydrogen-bond acceptors (Lipinski definition) is 0. The van der Waals surface area contributed by atoms with E-state index in [9.17, 15) is 0 Å². The van der Waals surface area contributed by atoms with Gasteiger partial charge in [0.2, 0.25) is 0 Å². The molecule has 0 bridgehead atoms. The van der Waals surface area contributed by atoms with Gasteiger partial charge in [0.1, 0.15) is 0 Å². The highest BCUT2D eigenvalue weighted by molar-refractivity contribution is 5.77. The van der Waals surface area contributed by atoms with Crippen molar-refractivity contribution in [3.8, 4) is 0 Å². The highest BCUT2D eigenvalue weighted by Gasteiger charge is 2.48. The van der Waals surface area contributed by atoms with Gasteiger partial charge in [-0.25, -0.2) is 0 Å². The Hall–Kier alpha value is -2.86. The van der Waals surface area contributed by atoms with Crippen LogP contribution in [0.4, 0.5) is 0 Å². The Morgan fingerprint density at radius 1 is 0.667 bits per heavy atom. The van der Waals surface area contributed by atoms with Gasteiger partial charge >= 0.3 is 0 Å². The first kappa shape index (κ1) is 43.2. The van der Waals surface area contributed by atoms with E-state index in [1.54, 1.807) is 6.08 Å². The maximum Gasteiger partial charge on any atom is 0.0709 e. The molecular weight excluding hydrogens is 432 g/mol. The maximum absolute atomic E-state index is 4.09. The number of allylic oxidation sites excluding steroid dienone is 17. The average Bonchev–Trinajstić information content (AvgIpc) is 3.22. The Labute approximate surface area is 228 Å². The molecule has 0 amide bonds. The molecule has 1 aliphatic carbocycles. The minimum Gasteiger partial charge on any atom is -0.0991 e. The van der Waals surface area contributed by atoms with Gasteiger partial charge < -0.3 is 0 Å². The van der Waals surface area contributed by atoms with Crippen LogP contribution in [0.2, 0.25) is 0 Å². The molecule has 0 heterocycles. The fourth-order valence-electron chi connectivity index (χ4n) is 3.83. The Bertz CT molecular complexity index is 797. The zero-order chi connectivity index (χ0) is 29.7. The minimum absolute atomic E-state index is 0.529. The molecule has 0 aromatic heterocycles. The van der Waals surface area contributed by atoms with Crippen molar-refractivity contribution in [3.05, 3.63) is 133 Å². The standard InChI is InChI=1S/C26H30.5C2H6/c1-9-17-21(14-6)26(20(12-4)13-5)24(18-10-2)22(15-7)23(16-8)25(26)19-11-3;5*1-2/h9-19H,1-2,4,6,8H2,3,5,7H3;5*1-2H3/b19-11-,20-13+,21-17+,22-15-,24-18+;;;;;. The second-order valence-electron chi connectivity index (χ2n) is 5.81. The van der Waals surface area contributed by atoms with E-state index in [2.05, 4.69) is 63.3 Å². The van der Waals surface area contributed by atoms with Gasteiger partial charge in [-0.3, -0.25) is 0 Å². The molecule has 204 valence electrons. The molecule has 0 nitrogen and oxygen atoms in total. The second kappa shape index (κ2) is 30.2. The highest BCUT2D eigenvalue weighted by Crippen LogP contribution is 2.60. The largest absolute Gasteiger partial charge is 0.0991 e. The molecule has 0 aliphatic heterocycles. The lowest BCUT2D eigenvalue weighted by Crippen LogP contribution is -2.27. The SMILES string of the molecule is C=C/C=C(\C=C)C1(/C(C=C)=C/C)C(/C=C\C)=C(C=C)C(=C/C)/C1=C\C=C.CC.CC.CC.CC.CC. The fraction of sp³-hybridized carbons (Fsp3) is 0.389. The van der Waals surface area contributed by atoms with Gasteiger partial charge in [0.05, 0.1) is 5.41 Å². The summed E-state index contributed by atoms with van der Waals surface area (Å²) in [6, 6.07) is 0. The molecule has 1 unspecified atom stereocenters. The van der Waals surface area contributed by atoms with Crippen molar-refractivity contribution in [2.75, 3.05) is 0 Å². The van der Waals surface area contributed by atoms with E-state index in [1.807, 2.05) is 120 Å². The van der Waals surface area contributed by atoms with Crippen LogP contribution in [0.1, 0.15) is 90.0 Å². The summed E-state index contributed by atoms with van der Waals surface area (Å²) in [6.45, 7) is 46.2. The van der Waals surface area contributed by atoms with Crippen molar-refractivity contribution < 1.29 is 0 Å². The third-order valence-corrected chi connectivity index (χ3v) is 4.70. The summed E-state index contributed by atoms with van der Waals surface area (Å²) in [4.78, 5) is 0. The van der Waals surface area contributed by atoms with Crippen LogP contribution in [0.25, 0.3) is 0 Å². The van der Waals surface area contributed by atoms with Gasteiger partial charge in [0.25, 0.3) is 0 Å². The molecule has 1 atom stereocenters. The summed E-state index contributed by atoms with van der Waals surface area (Å²) >= 11 is 0. The molecule has 0 spiro atoms. The van der Waals surface area contributed by atoms with Crippen LogP contribution in [0.5, 0.6) is 0 Å². The van der Waals surface area contributed by atoms with E-state index in [4.69, 9.17) is 0 Å². The minimum atomic E-state index is -0.529. The molecule has 0 fully saturated rings. The molecule has 1 rings (SSSR count). The highest BCUT2D eigenvalue weighted by atomic mass is 14.5. The molecule has 0 heteroatoms. The number of hydrogen-bond donors (Lipinski definition) is 0. The first-order chi connectivity index (χ1) is 17.6. The van der Waals surface area contributed by atoms with E-state index >= 15 is 0 Å². The quantitative estimate of drug-likeness (QED) is 0.295. The summed E-state index contributed by atoms with van der Waals surface area (Å²) in [6.07, 6.45) is 21.9. The normalized spacial score (nSPS) is 18.5. The van der Waals surface area contributed by atoms with Gasteiger partial charge in [-0.1, -0.05) is 169 Å². The lowest BCUT2D eigenvalue weighted by Gasteiger charge is -2.37. The molecule has 36 heavy (non-hydrogen) atoms. The Morgan fingerprint density at radius 3 is 1.42 bits per heavy atom. The van der Waals surface area contributed by atoms with E-state index in [0.717, 1.165) is 33.4 Å². The van der Waals surface area contributed by atoms with Crippen LogP contribution < -0.4 is 0 Å². The van der Waals surface area contributed by atoms with Crippen molar-refractivity contribution in [2.24, 2.45) is 5.41 Å². The predicted molar refractivity (Wildman–Crippen MR) is 176 cm³/mol. The van der Waals surface area contributed by atoms with Crippen LogP contribution in [-0.2, 0) is 0 Å². The zero-order valence-electron chi connectivity index (χ0n) is 26.4. The monoisotopic (exact) mass is 492 g/mol. The Kier molecular flexibility index (Phi) is 36.2. The van der Waals surface area contributed by atoms with E-state index < -0.39 is 5.41 Å². The third-order valence-electron chi connectivity index (χ3n) is 4.70. The van der Waals surface area contributed by atoms with Crippen LogP contribution >= 0.6 is 0 Å². The van der Waals surface area contributed by atoms with Gasteiger partial charge in [0.15, 0.2) is 0 Å². The topological polar surface area (TPSA) is 0 Å². The second-order valence-corrected chi connectivity index (χ2v) is 5.81. The van der Waals surface area contributed by atoms with E-state index in [1.165, 1.54) is 0 Å². The molecule has 0 saturated carbocycles. The fourth-order valence-corrected chi connectivity index (χ4v) is 3.83. The molecule has 0 aromatic carbocycles. The van der Waals surface area contributed by atoms with E-state index in [0.29, 0.717) is 0 Å². The molecule has 0 aromatic rings. The van der Waals surface area contributed by atoms with E-state index in [-0.39, 0.29) is 0 Å². The van der Waals surface area contributed by atoms with Crippen LogP contribution in [0, 0.1) is 5.41 Å². The lowest BCUT2D eigenvalue weighted by molar-refractivity contribution is 0.682. The summed E-state index contributed by atoms with van der Waals surface area (Å²) in [5, 5.41) is 0. The van der Waals surface area contributed by atoms with Crippen molar-refractivity contribution in [2.45, 2.75) is 90.0 Å². The molecule has 0 N–H and O–H groups in total. The van der Waals surface area contributed by atoms with Crippen LogP contribution in [-0.4, -0.2) is 0 Å². The first-order valence-electron chi connectivity index (χ1n) is 13.8. The summed E-state index contributed by atoms with van der Waals surface area (Å²) in [5.74, 6) is 0. The van der Waals surface area contributed by atoms with Gasteiger partial charge in [-0.05, 0) is 54.2 Å². The van der Waals surface area contributed by atoms with Crippen molar-refractivity contribution in [1.82, 2.24) is 0 Å². The first-order valence-corrected chi connectivity index (χ1v) is 13.8. The van der Waals surface area contributed by atoms with Gasteiger partial charge in [0, 0.05) is 0 Å². The van der Waals surface area contributed by atoms with Crippen LogP contribution in [0.15, 0.2) is 133 Å². The smallest absolute Gasteiger partial charge is 0.0709 e. The van der Waals surface area contributed by atoms with Crippen molar-refractivity contribution in [1.29, 1.82) is 0 Å². The van der Waals surface area contributed by atoms with Gasteiger partial charge in [-0.15, -0.1) is 0 Å². The van der Waals surface area contributed by atoms with Gasteiger partial charge in [-0.2, -0.15) is 0 Å². The lowest BCUT2D eigenvalue weighted by atomic mass is 9.65. The van der Waals surface area contributed by atoms with Crippen molar-refractivity contribution >= 4 is 0 Å². The zero-order valence-corrected chi connectivity index (χ0v) is 26.4. The molecule has 1 aliphatic rings. The van der Waals surface area contributed by atoms with Crippen molar-refractivity contribution in [3.63, 3.8) is 0 Å². The summed E-state index contributed by atoms with van der Waals surface area (Å²) < 4.78 is 0. The molecule has 0 radical (unpaired) electrons. The Morgan fingerprint density at radius 2 is 1.14 bits per heavy atom.